The number of guanidine groups is 1. The van der Waals surface area contributed by atoms with Crippen LogP contribution in [0.25, 0.3) is 0 Å². The summed E-state index contributed by atoms with van der Waals surface area (Å²) in [5.41, 5.74) is 0.859. The average Bonchev–Trinajstić information content (AvgIpc) is 2.85. The third-order valence-electron chi connectivity index (χ3n) is 3.29. The van der Waals surface area contributed by atoms with Crippen molar-refractivity contribution >= 4 is 17.6 Å². The van der Waals surface area contributed by atoms with Crippen LogP contribution in [0.4, 0.5) is 5.69 Å². The molecule has 2 rings (SSSR count). The van der Waals surface area contributed by atoms with Gasteiger partial charge in [-0.15, -0.1) is 0 Å². The molecule has 1 unspecified atom stereocenters. The van der Waals surface area contributed by atoms with E-state index in [-0.39, 0.29) is 11.9 Å². The normalized spacial score (nSPS) is 19.1. The van der Waals surface area contributed by atoms with Crippen molar-refractivity contribution in [2.75, 3.05) is 32.6 Å². The van der Waals surface area contributed by atoms with Gasteiger partial charge in [0.05, 0.1) is 13.2 Å². The lowest BCUT2D eigenvalue weighted by Gasteiger charge is -2.18. The van der Waals surface area contributed by atoms with Crippen molar-refractivity contribution in [3.05, 3.63) is 24.3 Å². The number of nitrogens with zero attached hydrogens (tertiary/aromatic N) is 2. The molecule has 0 aliphatic carbocycles. The van der Waals surface area contributed by atoms with Gasteiger partial charge in [0, 0.05) is 38.8 Å². The number of amides is 1. The fourth-order valence-electron chi connectivity index (χ4n) is 2.27. The zero-order valence-corrected chi connectivity index (χ0v) is 12.0. The molecule has 20 heavy (non-hydrogen) atoms. The Labute approximate surface area is 118 Å². The molecule has 1 aromatic rings. The van der Waals surface area contributed by atoms with E-state index in [0.29, 0.717) is 18.9 Å². The van der Waals surface area contributed by atoms with Crippen LogP contribution in [0.3, 0.4) is 0 Å². The fraction of sp³-hybridized carbons (Fsp3) is 0.429. The van der Waals surface area contributed by atoms with Crippen molar-refractivity contribution in [1.82, 2.24) is 10.6 Å². The Morgan fingerprint density at radius 3 is 2.95 bits per heavy atom. The number of nitrogens with one attached hydrogen (secondary N) is 2. The van der Waals surface area contributed by atoms with Gasteiger partial charge in [-0.3, -0.25) is 9.79 Å². The molecule has 0 saturated carbocycles. The summed E-state index contributed by atoms with van der Waals surface area (Å²) in [7, 11) is 5.12. The van der Waals surface area contributed by atoms with Crippen LogP contribution in [0.1, 0.15) is 6.42 Å². The lowest BCUT2D eigenvalue weighted by atomic mass is 10.2. The van der Waals surface area contributed by atoms with Crippen LogP contribution >= 0.6 is 0 Å². The monoisotopic (exact) mass is 276 g/mol. The highest BCUT2D eigenvalue weighted by atomic mass is 16.5. The van der Waals surface area contributed by atoms with E-state index in [9.17, 15) is 4.79 Å². The van der Waals surface area contributed by atoms with E-state index in [4.69, 9.17) is 4.74 Å². The van der Waals surface area contributed by atoms with Crippen LogP contribution in [0.15, 0.2) is 29.3 Å². The van der Waals surface area contributed by atoms with Crippen molar-refractivity contribution < 1.29 is 9.53 Å². The highest BCUT2D eigenvalue weighted by Crippen LogP contribution is 2.25. The number of aliphatic imine (C=N–C) groups is 1. The van der Waals surface area contributed by atoms with Crippen molar-refractivity contribution in [1.29, 1.82) is 0 Å². The first-order valence-corrected chi connectivity index (χ1v) is 6.53. The van der Waals surface area contributed by atoms with Crippen LogP contribution in [-0.4, -0.2) is 45.7 Å². The number of carbonyl (C=O) groups is 1. The Balaban J connectivity index is 2.09. The van der Waals surface area contributed by atoms with Gasteiger partial charge in [-0.05, 0) is 12.1 Å². The summed E-state index contributed by atoms with van der Waals surface area (Å²) in [6, 6.07) is 7.58. The van der Waals surface area contributed by atoms with Gasteiger partial charge in [-0.1, -0.05) is 6.07 Å². The Morgan fingerprint density at radius 1 is 1.50 bits per heavy atom. The van der Waals surface area contributed by atoms with E-state index in [1.807, 2.05) is 24.3 Å². The molecule has 1 aromatic carbocycles. The molecule has 6 heteroatoms. The van der Waals surface area contributed by atoms with Crippen LogP contribution in [0.2, 0.25) is 0 Å². The van der Waals surface area contributed by atoms with Crippen LogP contribution < -0.4 is 20.3 Å². The second kappa shape index (κ2) is 6.27. The summed E-state index contributed by atoms with van der Waals surface area (Å²) in [6.07, 6.45) is 0.456. The van der Waals surface area contributed by atoms with Gasteiger partial charge in [0.25, 0.3) is 0 Å². The number of ether oxygens (including phenoxy) is 1. The first-order valence-electron chi connectivity index (χ1n) is 6.53. The minimum atomic E-state index is 0.0554. The number of anilines is 1. The maximum absolute atomic E-state index is 12.1. The molecule has 0 aromatic heterocycles. The van der Waals surface area contributed by atoms with Crippen molar-refractivity contribution in [3.63, 3.8) is 0 Å². The minimum absolute atomic E-state index is 0.0554. The molecule has 0 radical (unpaired) electrons. The molecule has 1 atom stereocenters. The second-order valence-electron chi connectivity index (χ2n) is 4.57. The molecule has 1 amide bonds. The van der Waals surface area contributed by atoms with Gasteiger partial charge >= 0.3 is 0 Å². The Kier molecular flexibility index (Phi) is 4.45. The molecule has 1 aliphatic heterocycles. The first kappa shape index (κ1) is 14.2. The zero-order chi connectivity index (χ0) is 14.5. The minimum Gasteiger partial charge on any atom is -0.497 e. The number of hydrogen-bond acceptors (Lipinski definition) is 3. The van der Waals surface area contributed by atoms with Crippen LogP contribution in [-0.2, 0) is 4.79 Å². The largest absolute Gasteiger partial charge is 0.497 e. The van der Waals surface area contributed by atoms with Gasteiger partial charge in [0.15, 0.2) is 5.96 Å². The third kappa shape index (κ3) is 3.01. The number of benzene rings is 1. The van der Waals surface area contributed by atoms with Gasteiger partial charge in [0.1, 0.15) is 5.75 Å². The highest BCUT2D eigenvalue weighted by Gasteiger charge is 2.31. The molecular formula is C14H20N4O2. The van der Waals surface area contributed by atoms with E-state index in [1.54, 1.807) is 26.1 Å². The molecule has 1 aliphatic rings. The van der Waals surface area contributed by atoms with Crippen LogP contribution in [0.5, 0.6) is 5.75 Å². The van der Waals surface area contributed by atoms with Gasteiger partial charge in [-0.25, -0.2) is 0 Å². The lowest BCUT2D eigenvalue weighted by molar-refractivity contribution is -0.117. The van der Waals surface area contributed by atoms with Crippen molar-refractivity contribution in [3.8, 4) is 5.75 Å². The SMILES string of the molecule is CN=C(NC)NC1CC(=O)N(c2cccc(OC)c2)C1. The fourth-order valence-corrected chi connectivity index (χ4v) is 2.27. The summed E-state index contributed by atoms with van der Waals surface area (Å²) in [6.45, 7) is 0.618. The lowest BCUT2D eigenvalue weighted by Crippen LogP contribution is -2.43. The predicted octanol–water partition coefficient (Wildman–Crippen LogP) is 0.595. The van der Waals surface area contributed by atoms with Crippen molar-refractivity contribution in [2.45, 2.75) is 12.5 Å². The summed E-state index contributed by atoms with van der Waals surface area (Å²) in [5.74, 6) is 1.54. The molecular weight excluding hydrogens is 256 g/mol. The third-order valence-corrected chi connectivity index (χ3v) is 3.29. The smallest absolute Gasteiger partial charge is 0.229 e. The van der Waals surface area contributed by atoms with Gasteiger partial charge in [-0.2, -0.15) is 0 Å². The second-order valence-corrected chi connectivity index (χ2v) is 4.57. The van der Waals surface area contributed by atoms with E-state index >= 15 is 0 Å². The number of methoxy groups -OCH3 is 1. The Hall–Kier alpha value is -2.24. The molecule has 108 valence electrons. The summed E-state index contributed by atoms with van der Waals surface area (Å²) in [5, 5.41) is 6.17. The standard InChI is InChI=1S/C14H20N4O2/c1-15-14(16-2)17-10-7-13(19)18(9-10)11-5-4-6-12(8-11)20-3/h4-6,8,10H,7,9H2,1-3H3,(H2,15,16,17). The quantitative estimate of drug-likeness (QED) is 0.626. The van der Waals surface area contributed by atoms with Crippen molar-refractivity contribution in [2.24, 2.45) is 4.99 Å². The van der Waals surface area contributed by atoms with E-state index in [2.05, 4.69) is 15.6 Å². The predicted molar refractivity (Wildman–Crippen MR) is 79.3 cm³/mol. The molecule has 1 fully saturated rings. The van der Waals surface area contributed by atoms with E-state index < -0.39 is 0 Å². The van der Waals surface area contributed by atoms with Crippen LogP contribution in [0, 0.1) is 0 Å². The molecule has 2 N–H and O–H groups in total. The number of carbonyl (C=O) groups excluding carboxylic acids is 1. The van der Waals surface area contributed by atoms with Gasteiger partial charge < -0.3 is 20.3 Å². The maximum Gasteiger partial charge on any atom is 0.229 e. The topological polar surface area (TPSA) is 66.0 Å². The molecule has 1 saturated heterocycles. The molecule has 6 nitrogen and oxygen atoms in total. The van der Waals surface area contributed by atoms with E-state index in [1.165, 1.54) is 0 Å². The maximum atomic E-state index is 12.1. The summed E-state index contributed by atoms with van der Waals surface area (Å²) >= 11 is 0. The highest BCUT2D eigenvalue weighted by molar-refractivity contribution is 5.97. The molecule has 0 bridgehead atoms. The Bertz CT molecular complexity index is 516. The van der Waals surface area contributed by atoms with E-state index in [0.717, 1.165) is 11.4 Å². The summed E-state index contributed by atoms with van der Waals surface area (Å²) in [4.78, 5) is 18.0. The number of hydrogen-bond donors (Lipinski definition) is 2. The number of rotatable bonds is 3. The first-order chi connectivity index (χ1) is 9.67. The average molecular weight is 276 g/mol. The molecule has 0 spiro atoms. The summed E-state index contributed by atoms with van der Waals surface area (Å²) < 4.78 is 5.19. The Morgan fingerprint density at radius 2 is 2.30 bits per heavy atom. The zero-order valence-electron chi connectivity index (χ0n) is 12.0. The molecule has 1 heterocycles. The van der Waals surface area contributed by atoms with Gasteiger partial charge in [0.2, 0.25) is 5.91 Å².